The highest BCUT2D eigenvalue weighted by molar-refractivity contribution is 5.72. The predicted octanol–water partition coefficient (Wildman–Crippen LogP) is 2.14. The van der Waals surface area contributed by atoms with Crippen LogP contribution in [-0.2, 0) is 0 Å². The number of ether oxygens (including phenoxy) is 1. The molecule has 0 aromatic heterocycles. The third-order valence-electron chi connectivity index (χ3n) is 2.55. The first kappa shape index (κ1) is 12.3. The summed E-state index contributed by atoms with van der Waals surface area (Å²) in [5.74, 6) is 0.193. The Bertz CT molecular complexity index is 478. The summed E-state index contributed by atoms with van der Waals surface area (Å²) in [5, 5.41) is 10.4. The van der Waals surface area contributed by atoms with Gasteiger partial charge in [-0.1, -0.05) is 0 Å². The van der Waals surface area contributed by atoms with E-state index in [9.17, 15) is 19.3 Å². The number of nitro groups is 1. The normalized spacial score (nSPS) is 16.9. The average molecular weight is 254 g/mol. The molecule has 1 aromatic carbocycles. The van der Waals surface area contributed by atoms with Gasteiger partial charge >= 0.3 is 6.09 Å². The molecule has 1 saturated heterocycles. The number of nitro benzene ring substituents is 1. The molecule has 1 heterocycles. The number of non-ortho nitro benzene ring substituents is 1. The van der Waals surface area contributed by atoms with E-state index in [-0.39, 0.29) is 24.5 Å². The number of halogens is 1. The molecule has 1 fully saturated rings. The number of rotatable bonds is 2. The first-order chi connectivity index (χ1) is 8.37. The minimum atomic E-state index is -1.35. The number of likely N-dealkylation sites (tertiary alicyclic amines) is 1. The summed E-state index contributed by atoms with van der Waals surface area (Å²) >= 11 is 0. The fraction of sp³-hybridized carbons (Fsp3) is 0.364. The monoisotopic (exact) mass is 254 g/mol. The molecule has 1 aliphatic heterocycles. The van der Waals surface area contributed by atoms with Gasteiger partial charge in [-0.05, 0) is 19.1 Å². The Labute approximate surface area is 102 Å². The molecule has 0 N–H and O–H groups in total. The van der Waals surface area contributed by atoms with Gasteiger partial charge in [0.1, 0.15) is 11.4 Å². The number of benzene rings is 1. The Kier molecular flexibility index (Phi) is 2.90. The van der Waals surface area contributed by atoms with Crippen LogP contribution in [0.3, 0.4) is 0 Å². The lowest BCUT2D eigenvalue weighted by Gasteiger charge is -2.40. The van der Waals surface area contributed by atoms with Crippen LogP contribution < -0.4 is 4.74 Å². The molecule has 0 saturated carbocycles. The van der Waals surface area contributed by atoms with Crippen molar-refractivity contribution in [2.45, 2.75) is 12.6 Å². The van der Waals surface area contributed by atoms with E-state index in [1.54, 1.807) is 0 Å². The van der Waals surface area contributed by atoms with Crippen molar-refractivity contribution in [2.24, 2.45) is 0 Å². The van der Waals surface area contributed by atoms with E-state index >= 15 is 0 Å². The lowest BCUT2D eigenvalue weighted by Crippen LogP contribution is -2.59. The molecule has 0 unspecified atom stereocenters. The van der Waals surface area contributed by atoms with Gasteiger partial charge in [0.2, 0.25) is 0 Å². The van der Waals surface area contributed by atoms with E-state index in [0.717, 1.165) is 0 Å². The van der Waals surface area contributed by atoms with Gasteiger partial charge in [0.25, 0.3) is 5.69 Å². The second-order valence-electron chi connectivity index (χ2n) is 4.39. The molecule has 7 heteroatoms. The van der Waals surface area contributed by atoms with Gasteiger partial charge in [-0.3, -0.25) is 10.1 Å². The van der Waals surface area contributed by atoms with Gasteiger partial charge in [-0.2, -0.15) is 0 Å². The van der Waals surface area contributed by atoms with Gasteiger partial charge in [0, 0.05) is 12.1 Å². The van der Waals surface area contributed by atoms with E-state index in [1.165, 1.54) is 36.1 Å². The molecule has 0 aliphatic carbocycles. The number of carbonyl (C=O) groups is 1. The van der Waals surface area contributed by atoms with Gasteiger partial charge in [-0.25, -0.2) is 9.18 Å². The number of nitrogens with zero attached hydrogens (tertiary/aromatic N) is 2. The molecular weight excluding hydrogens is 243 g/mol. The van der Waals surface area contributed by atoms with Crippen molar-refractivity contribution >= 4 is 11.8 Å². The first-order valence-corrected chi connectivity index (χ1v) is 5.27. The molecule has 1 aliphatic rings. The summed E-state index contributed by atoms with van der Waals surface area (Å²) in [7, 11) is 0. The highest BCUT2D eigenvalue weighted by atomic mass is 19.1. The zero-order valence-electron chi connectivity index (χ0n) is 9.63. The van der Waals surface area contributed by atoms with E-state index in [2.05, 4.69) is 0 Å². The van der Waals surface area contributed by atoms with Crippen molar-refractivity contribution in [3.05, 3.63) is 34.4 Å². The second-order valence-corrected chi connectivity index (χ2v) is 4.39. The molecule has 6 nitrogen and oxygen atoms in total. The Hall–Kier alpha value is -2.18. The molecule has 0 spiro atoms. The summed E-state index contributed by atoms with van der Waals surface area (Å²) < 4.78 is 18.1. The topological polar surface area (TPSA) is 72.7 Å². The number of amides is 1. The molecule has 2 rings (SSSR count). The Morgan fingerprint density at radius 3 is 2.44 bits per heavy atom. The molecule has 0 bridgehead atoms. The van der Waals surface area contributed by atoms with E-state index < -0.39 is 16.7 Å². The van der Waals surface area contributed by atoms with Crippen molar-refractivity contribution in [3.63, 3.8) is 0 Å². The van der Waals surface area contributed by atoms with Crippen LogP contribution in [-0.4, -0.2) is 34.7 Å². The highest BCUT2D eigenvalue weighted by Gasteiger charge is 2.42. The standard InChI is InChI=1S/C11H11FN2O4/c1-11(12)6-13(7-11)10(15)18-9-4-2-8(3-5-9)14(16)17/h2-5H,6-7H2,1H3. The molecule has 1 aromatic rings. The fourth-order valence-corrected chi connectivity index (χ4v) is 1.68. The molecule has 18 heavy (non-hydrogen) atoms. The van der Waals surface area contributed by atoms with E-state index in [1.807, 2.05) is 0 Å². The molecule has 0 radical (unpaired) electrons. The van der Waals surface area contributed by atoms with Crippen molar-refractivity contribution in [1.82, 2.24) is 4.90 Å². The Morgan fingerprint density at radius 2 is 2.00 bits per heavy atom. The number of alkyl halides is 1. The van der Waals surface area contributed by atoms with Crippen molar-refractivity contribution in [1.29, 1.82) is 0 Å². The summed E-state index contributed by atoms with van der Waals surface area (Å²) in [5.41, 5.74) is -1.44. The van der Waals surface area contributed by atoms with Gasteiger partial charge < -0.3 is 9.64 Å². The maximum absolute atomic E-state index is 13.2. The predicted molar refractivity (Wildman–Crippen MR) is 60.2 cm³/mol. The van der Waals surface area contributed by atoms with Gasteiger partial charge in [-0.15, -0.1) is 0 Å². The number of hydrogen-bond acceptors (Lipinski definition) is 4. The van der Waals surface area contributed by atoms with Gasteiger partial charge in [0.15, 0.2) is 0 Å². The largest absolute Gasteiger partial charge is 0.415 e. The summed E-state index contributed by atoms with van der Waals surface area (Å²) in [4.78, 5) is 22.6. The average Bonchev–Trinajstić information content (AvgIpc) is 2.26. The van der Waals surface area contributed by atoms with Crippen molar-refractivity contribution in [3.8, 4) is 5.75 Å². The van der Waals surface area contributed by atoms with Crippen LogP contribution in [0.4, 0.5) is 14.9 Å². The van der Waals surface area contributed by atoms with Crippen LogP contribution in [0.15, 0.2) is 24.3 Å². The van der Waals surface area contributed by atoms with Crippen LogP contribution in [0.25, 0.3) is 0 Å². The maximum Gasteiger partial charge on any atom is 0.415 e. The summed E-state index contributed by atoms with van der Waals surface area (Å²) in [6.45, 7) is 1.40. The minimum Gasteiger partial charge on any atom is -0.410 e. The fourth-order valence-electron chi connectivity index (χ4n) is 1.68. The molecule has 96 valence electrons. The van der Waals surface area contributed by atoms with E-state index in [4.69, 9.17) is 4.74 Å². The van der Waals surface area contributed by atoms with Crippen molar-refractivity contribution in [2.75, 3.05) is 13.1 Å². The van der Waals surface area contributed by atoms with Crippen LogP contribution in [0, 0.1) is 10.1 Å². The number of hydrogen-bond donors (Lipinski definition) is 0. The lowest BCUT2D eigenvalue weighted by atomic mass is 10.0. The third-order valence-corrected chi connectivity index (χ3v) is 2.55. The lowest BCUT2D eigenvalue weighted by molar-refractivity contribution is -0.384. The molecular formula is C11H11FN2O4. The quantitative estimate of drug-likeness (QED) is 0.598. The van der Waals surface area contributed by atoms with Crippen molar-refractivity contribution < 1.29 is 18.8 Å². The van der Waals surface area contributed by atoms with Crippen LogP contribution >= 0.6 is 0 Å². The maximum atomic E-state index is 13.2. The zero-order valence-corrected chi connectivity index (χ0v) is 9.63. The van der Waals surface area contributed by atoms with Crippen LogP contribution in [0.1, 0.15) is 6.92 Å². The van der Waals surface area contributed by atoms with E-state index in [0.29, 0.717) is 0 Å². The number of carbonyl (C=O) groups excluding carboxylic acids is 1. The SMILES string of the molecule is CC1(F)CN(C(=O)Oc2ccc([N+](=O)[O-])cc2)C1. The molecule has 1 amide bonds. The summed E-state index contributed by atoms with van der Waals surface area (Å²) in [6, 6.07) is 5.12. The third kappa shape index (κ3) is 2.55. The smallest absolute Gasteiger partial charge is 0.410 e. The zero-order chi connectivity index (χ0) is 13.3. The second kappa shape index (κ2) is 4.25. The Morgan fingerprint density at radius 1 is 1.44 bits per heavy atom. The van der Waals surface area contributed by atoms with Gasteiger partial charge in [0.05, 0.1) is 18.0 Å². The Balaban J connectivity index is 1.94. The van der Waals surface area contributed by atoms with Crippen LogP contribution in [0.5, 0.6) is 5.75 Å². The highest BCUT2D eigenvalue weighted by Crippen LogP contribution is 2.26. The first-order valence-electron chi connectivity index (χ1n) is 5.27. The van der Waals surface area contributed by atoms with Crippen LogP contribution in [0.2, 0.25) is 0 Å². The molecule has 0 atom stereocenters. The summed E-state index contributed by atoms with van der Waals surface area (Å²) in [6.07, 6.45) is -0.654. The minimum absolute atomic E-state index is 0.00118.